The van der Waals surface area contributed by atoms with Crippen LogP contribution < -0.4 is 0 Å². The molecule has 0 bridgehead atoms. The Labute approximate surface area is 146 Å². The molecule has 1 N–H and O–H groups in total. The second-order valence-electron chi connectivity index (χ2n) is 5.50. The van der Waals surface area contributed by atoms with Crippen LogP contribution >= 0.6 is 11.3 Å². The molecule has 0 spiro atoms. The first kappa shape index (κ1) is 19.2. The molecular formula is C16H17F3N2O3S. The predicted molar refractivity (Wildman–Crippen MR) is 86.7 cm³/mol. The fraction of sp³-hybridized carbons (Fsp3) is 0.438. The molecule has 0 atom stereocenters. The smallest absolute Gasteiger partial charge is 0.303 e. The zero-order valence-electron chi connectivity index (χ0n) is 13.5. The minimum absolute atomic E-state index is 0.00169. The molecule has 0 radical (unpaired) electrons. The van der Waals surface area contributed by atoms with Crippen LogP contribution in [0.4, 0.5) is 13.2 Å². The lowest BCUT2D eigenvalue weighted by Crippen LogP contribution is -2.31. The van der Waals surface area contributed by atoms with Crippen LogP contribution in [0.3, 0.4) is 0 Å². The standard InChI is InChI=1S/C16H17F3N2O3S/c1-2-3-6-21(12(22)4-5-13(23)24)8-11-20-15-14(19)9(17)7-10(18)16(15)25-11/h7H,2-6,8H2,1H3,(H,23,24). The number of aliphatic carboxylic acids is 1. The van der Waals surface area contributed by atoms with Crippen LogP contribution in [0.15, 0.2) is 6.07 Å². The molecule has 0 aliphatic carbocycles. The van der Waals surface area contributed by atoms with E-state index in [1.807, 2.05) is 6.92 Å². The highest BCUT2D eigenvalue weighted by Gasteiger charge is 2.20. The van der Waals surface area contributed by atoms with Gasteiger partial charge in [0, 0.05) is 19.0 Å². The lowest BCUT2D eigenvalue weighted by atomic mass is 10.2. The van der Waals surface area contributed by atoms with Gasteiger partial charge in [-0.3, -0.25) is 9.59 Å². The van der Waals surface area contributed by atoms with Gasteiger partial charge in [0.15, 0.2) is 11.6 Å². The third-order valence-electron chi connectivity index (χ3n) is 3.57. The van der Waals surface area contributed by atoms with Crippen LogP contribution in [0.2, 0.25) is 0 Å². The number of benzene rings is 1. The monoisotopic (exact) mass is 374 g/mol. The third-order valence-corrected chi connectivity index (χ3v) is 4.62. The van der Waals surface area contributed by atoms with Gasteiger partial charge in [0.25, 0.3) is 0 Å². The van der Waals surface area contributed by atoms with E-state index in [0.717, 1.165) is 17.8 Å². The number of carboxylic acids is 1. The maximum atomic E-state index is 13.8. The topological polar surface area (TPSA) is 70.5 Å². The zero-order chi connectivity index (χ0) is 18.6. The summed E-state index contributed by atoms with van der Waals surface area (Å²) >= 11 is 0.847. The van der Waals surface area contributed by atoms with Crippen molar-refractivity contribution in [1.82, 2.24) is 9.88 Å². The number of nitrogens with zero attached hydrogens (tertiary/aromatic N) is 2. The lowest BCUT2D eigenvalue weighted by molar-refractivity contribution is -0.141. The number of carbonyl (C=O) groups excluding carboxylic acids is 1. The lowest BCUT2D eigenvalue weighted by Gasteiger charge is -2.21. The van der Waals surface area contributed by atoms with Gasteiger partial charge in [-0.2, -0.15) is 0 Å². The summed E-state index contributed by atoms with van der Waals surface area (Å²) in [4.78, 5) is 28.1. The number of carbonyl (C=O) groups is 2. The summed E-state index contributed by atoms with van der Waals surface area (Å²) in [6.07, 6.45) is 1.05. The first-order valence-corrected chi connectivity index (χ1v) is 8.57. The molecule has 0 fully saturated rings. The summed E-state index contributed by atoms with van der Waals surface area (Å²) in [6, 6.07) is 0.465. The van der Waals surface area contributed by atoms with Crippen LogP contribution in [0.1, 0.15) is 37.6 Å². The highest BCUT2D eigenvalue weighted by molar-refractivity contribution is 7.18. The molecule has 0 aliphatic rings. The second-order valence-corrected chi connectivity index (χ2v) is 6.59. The predicted octanol–water partition coefficient (Wildman–Crippen LogP) is 3.71. The molecule has 9 heteroatoms. The van der Waals surface area contributed by atoms with E-state index in [4.69, 9.17) is 5.11 Å². The van der Waals surface area contributed by atoms with Crippen LogP contribution in [0.25, 0.3) is 10.2 Å². The van der Waals surface area contributed by atoms with E-state index in [0.29, 0.717) is 19.0 Å². The van der Waals surface area contributed by atoms with Gasteiger partial charge in [0.1, 0.15) is 16.3 Å². The van der Waals surface area contributed by atoms with Gasteiger partial charge in [-0.25, -0.2) is 18.2 Å². The highest BCUT2D eigenvalue weighted by Crippen LogP contribution is 2.29. The largest absolute Gasteiger partial charge is 0.481 e. The minimum atomic E-state index is -1.32. The summed E-state index contributed by atoms with van der Waals surface area (Å²) < 4.78 is 40.7. The number of carboxylic acid groups (broad SMARTS) is 1. The molecule has 1 aromatic carbocycles. The average molecular weight is 374 g/mol. The normalized spacial score (nSPS) is 11.0. The molecule has 136 valence electrons. The van der Waals surface area contributed by atoms with Gasteiger partial charge in [-0.05, 0) is 6.42 Å². The number of hydrogen-bond donors (Lipinski definition) is 1. The van der Waals surface area contributed by atoms with E-state index < -0.39 is 28.9 Å². The Hall–Kier alpha value is -2.16. The summed E-state index contributed by atoms with van der Waals surface area (Å²) in [5, 5.41) is 8.95. The van der Waals surface area contributed by atoms with E-state index in [2.05, 4.69) is 4.98 Å². The fourth-order valence-corrected chi connectivity index (χ4v) is 3.25. The Morgan fingerprint density at radius 1 is 1.24 bits per heavy atom. The van der Waals surface area contributed by atoms with E-state index >= 15 is 0 Å². The van der Waals surface area contributed by atoms with Crippen LogP contribution in [0.5, 0.6) is 0 Å². The number of hydrogen-bond acceptors (Lipinski definition) is 4. The van der Waals surface area contributed by atoms with Crippen LogP contribution in [-0.4, -0.2) is 33.4 Å². The maximum Gasteiger partial charge on any atom is 0.303 e. The van der Waals surface area contributed by atoms with Crippen molar-refractivity contribution in [2.45, 2.75) is 39.2 Å². The first-order valence-electron chi connectivity index (χ1n) is 7.76. The van der Waals surface area contributed by atoms with Crippen molar-refractivity contribution in [3.8, 4) is 0 Å². The third kappa shape index (κ3) is 4.68. The van der Waals surface area contributed by atoms with Gasteiger partial charge in [0.05, 0.1) is 17.7 Å². The number of amides is 1. The molecular weight excluding hydrogens is 357 g/mol. The van der Waals surface area contributed by atoms with Gasteiger partial charge < -0.3 is 10.0 Å². The van der Waals surface area contributed by atoms with E-state index in [-0.39, 0.29) is 35.0 Å². The van der Waals surface area contributed by atoms with Gasteiger partial charge in [-0.15, -0.1) is 11.3 Å². The van der Waals surface area contributed by atoms with Crippen molar-refractivity contribution in [1.29, 1.82) is 0 Å². The quantitative estimate of drug-likeness (QED) is 0.715. The van der Waals surface area contributed by atoms with Crippen molar-refractivity contribution in [2.75, 3.05) is 6.54 Å². The molecule has 0 unspecified atom stereocenters. The average Bonchev–Trinajstić information content (AvgIpc) is 2.99. The molecule has 2 aromatic rings. The molecule has 0 saturated heterocycles. The second kappa shape index (κ2) is 8.28. The fourth-order valence-electron chi connectivity index (χ4n) is 2.27. The van der Waals surface area contributed by atoms with Crippen molar-refractivity contribution < 1.29 is 27.9 Å². The molecule has 0 saturated carbocycles. The molecule has 1 heterocycles. The Balaban J connectivity index is 2.24. The Morgan fingerprint density at radius 2 is 1.96 bits per heavy atom. The maximum absolute atomic E-state index is 13.8. The molecule has 2 rings (SSSR count). The summed E-state index contributed by atoms with van der Waals surface area (Å²) in [5.41, 5.74) is -0.397. The number of fused-ring (bicyclic) bond motifs is 1. The molecule has 25 heavy (non-hydrogen) atoms. The number of rotatable bonds is 8. The highest BCUT2D eigenvalue weighted by atomic mass is 32.1. The van der Waals surface area contributed by atoms with Gasteiger partial charge in [0.2, 0.25) is 5.91 Å². The minimum Gasteiger partial charge on any atom is -0.481 e. The SMILES string of the molecule is CCCCN(Cc1nc2c(F)c(F)cc(F)c2s1)C(=O)CCC(=O)O. The van der Waals surface area contributed by atoms with E-state index in [1.54, 1.807) is 0 Å². The molecule has 0 aliphatic heterocycles. The Bertz CT molecular complexity index is 795. The summed E-state index contributed by atoms with van der Waals surface area (Å²) in [7, 11) is 0. The molecule has 1 aromatic heterocycles. The van der Waals surface area contributed by atoms with Crippen molar-refractivity contribution in [2.24, 2.45) is 0 Å². The van der Waals surface area contributed by atoms with Gasteiger partial charge >= 0.3 is 5.97 Å². The van der Waals surface area contributed by atoms with Crippen molar-refractivity contribution in [3.05, 3.63) is 28.5 Å². The molecule has 5 nitrogen and oxygen atoms in total. The Morgan fingerprint density at radius 3 is 2.60 bits per heavy atom. The van der Waals surface area contributed by atoms with E-state index in [1.165, 1.54) is 4.90 Å². The number of halogens is 3. The van der Waals surface area contributed by atoms with Crippen LogP contribution in [-0.2, 0) is 16.1 Å². The number of unbranched alkanes of at least 4 members (excludes halogenated alkanes) is 1. The van der Waals surface area contributed by atoms with Crippen molar-refractivity contribution >= 4 is 33.4 Å². The Kier molecular flexibility index (Phi) is 6.35. The zero-order valence-corrected chi connectivity index (χ0v) is 14.3. The van der Waals surface area contributed by atoms with Gasteiger partial charge in [-0.1, -0.05) is 13.3 Å². The van der Waals surface area contributed by atoms with E-state index in [9.17, 15) is 22.8 Å². The number of thiazole rings is 1. The summed E-state index contributed by atoms with van der Waals surface area (Å²) in [6.45, 7) is 2.31. The first-order chi connectivity index (χ1) is 11.8. The van der Waals surface area contributed by atoms with Crippen molar-refractivity contribution in [3.63, 3.8) is 0 Å². The summed E-state index contributed by atoms with van der Waals surface area (Å²) in [5.74, 6) is -4.90. The molecule has 1 amide bonds. The number of aromatic nitrogens is 1. The van der Waals surface area contributed by atoms with Crippen LogP contribution in [0, 0.1) is 17.5 Å².